The maximum Gasteiger partial charge on any atom is 0.251 e. The van der Waals surface area contributed by atoms with E-state index in [-0.39, 0.29) is 30.0 Å². The number of halogens is 1. The summed E-state index contributed by atoms with van der Waals surface area (Å²) in [7, 11) is 0. The van der Waals surface area contributed by atoms with E-state index >= 15 is 0 Å². The summed E-state index contributed by atoms with van der Waals surface area (Å²) in [6, 6.07) is 14.9. The molecule has 0 aliphatic carbocycles. The fourth-order valence-electron chi connectivity index (χ4n) is 3.17. The molecule has 0 aliphatic rings. The SMILES string of the molecule is CCn1c(CNC(=O)c2ccccc2)nnc1SCC(=O)Nc1ccc(Br)cc1C(C)C. The number of carbonyl (C=O) groups excluding carboxylic acids is 2. The number of nitrogens with zero attached hydrogens (tertiary/aromatic N) is 3. The van der Waals surface area contributed by atoms with Gasteiger partial charge in [0.05, 0.1) is 12.3 Å². The Morgan fingerprint density at radius 2 is 1.88 bits per heavy atom. The zero-order chi connectivity index (χ0) is 23.1. The van der Waals surface area contributed by atoms with Crippen LogP contribution in [0.15, 0.2) is 58.2 Å². The first kappa shape index (κ1) is 24.0. The van der Waals surface area contributed by atoms with Crippen LogP contribution in [0.4, 0.5) is 5.69 Å². The first-order valence-corrected chi connectivity index (χ1v) is 12.1. The Kier molecular flexibility index (Phi) is 8.46. The maximum absolute atomic E-state index is 12.6. The highest BCUT2D eigenvalue weighted by molar-refractivity contribution is 9.10. The molecule has 0 spiro atoms. The molecule has 0 saturated heterocycles. The van der Waals surface area contributed by atoms with Crippen LogP contribution < -0.4 is 10.6 Å². The van der Waals surface area contributed by atoms with E-state index < -0.39 is 0 Å². The molecule has 32 heavy (non-hydrogen) atoms. The van der Waals surface area contributed by atoms with Gasteiger partial charge in [-0.2, -0.15) is 0 Å². The summed E-state index contributed by atoms with van der Waals surface area (Å²) in [4.78, 5) is 24.8. The van der Waals surface area contributed by atoms with Gasteiger partial charge in [-0.1, -0.05) is 59.7 Å². The van der Waals surface area contributed by atoms with Crippen LogP contribution in [0.25, 0.3) is 0 Å². The van der Waals surface area contributed by atoms with Gasteiger partial charge in [0.2, 0.25) is 5.91 Å². The van der Waals surface area contributed by atoms with Crippen molar-refractivity contribution in [3.63, 3.8) is 0 Å². The molecular weight excluding hydrogens is 490 g/mol. The molecule has 9 heteroatoms. The third kappa shape index (κ3) is 6.20. The second-order valence-corrected chi connectivity index (χ2v) is 9.27. The molecule has 0 atom stereocenters. The van der Waals surface area contributed by atoms with Crippen molar-refractivity contribution in [2.45, 2.75) is 44.9 Å². The molecule has 2 N–H and O–H groups in total. The van der Waals surface area contributed by atoms with Crippen LogP contribution in [0.1, 0.15) is 48.4 Å². The van der Waals surface area contributed by atoms with Crippen molar-refractivity contribution in [3.05, 3.63) is 70.0 Å². The molecule has 7 nitrogen and oxygen atoms in total. The molecule has 0 saturated carbocycles. The number of carbonyl (C=O) groups is 2. The number of anilines is 1. The van der Waals surface area contributed by atoms with E-state index in [0.717, 1.165) is 15.7 Å². The van der Waals surface area contributed by atoms with Crippen molar-refractivity contribution < 1.29 is 9.59 Å². The predicted octanol–water partition coefficient (Wildman–Crippen LogP) is 4.84. The minimum atomic E-state index is -0.166. The fraction of sp³-hybridized carbons (Fsp3) is 0.304. The summed E-state index contributed by atoms with van der Waals surface area (Å²) in [6.07, 6.45) is 0. The first-order chi connectivity index (χ1) is 15.4. The van der Waals surface area contributed by atoms with Crippen molar-refractivity contribution in [2.75, 3.05) is 11.1 Å². The molecule has 0 bridgehead atoms. The fourth-order valence-corrected chi connectivity index (χ4v) is 4.37. The Bertz CT molecular complexity index is 1090. The average Bonchev–Trinajstić information content (AvgIpc) is 3.19. The summed E-state index contributed by atoms with van der Waals surface area (Å²) in [6.45, 7) is 7.06. The van der Waals surface area contributed by atoms with Crippen LogP contribution in [0, 0.1) is 0 Å². The summed E-state index contributed by atoms with van der Waals surface area (Å²) in [5.74, 6) is 0.869. The third-order valence-electron chi connectivity index (χ3n) is 4.79. The predicted molar refractivity (Wildman–Crippen MR) is 131 cm³/mol. The number of nitrogens with one attached hydrogen (secondary N) is 2. The smallest absolute Gasteiger partial charge is 0.251 e. The largest absolute Gasteiger partial charge is 0.345 e. The van der Waals surface area contributed by atoms with Crippen molar-refractivity contribution in [2.24, 2.45) is 0 Å². The topological polar surface area (TPSA) is 88.9 Å². The minimum absolute atomic E-state index is 0.108. The van der Waals surface area contributed by atoms with Crippen molar-refractivity contribution in [1.82, 2.24) is 20.1 Å². The summed E-state index contributed by atoms with van der Waals surface area (Å²) < 4.78 is 2.89. The number of hydrogen-bond acceptors (Lipinski definition) is 5. The average molecular weight is 516 g/mol. The lowest BCUT2D eigenvalue weighted by Gasteiger charge is -2.14. The van der Waals surface area contributed by atoms with Crippen LogP contribution in [0.5, 0.6) is 0 Å². The molecule has 1 heterocycles. The number of rotatable bonds is 9. The van der Waals surface area contributed by atoms with Gasteiger partial charge < -0.3 is 15.2 Å². The Morgan fingerprint density at radius 3 is 2.56 bits per heavy atom. The van der Waals surface area contributed by atoms with Gasteiger partial charge >= 0.3 is 0 Å². The zero-order valence-corrected chi connectivity index (χ0v) is 20.7. The molecular formula is C23H26BrN5O2S. The van der Waals surface area contributed by atoms with Gasteiger partial charge in [-0.3, -0.25) is 9.59 Å². The lowest BCUT2D eigenvalue weighted by molar-refractivity contribution is -0.113. The second-order valence-electron chi connectivity index (χ2n) is 7.41. The summed E-state index contributed by atoms with van der Waals surface area (Å²) in [5, 5.41) is 14.9. The Balaban J connectivity index is 1.59. The van der Waals surface area contributed by atoms with Crippen LogP contribution in [-0.2, 0) is 17.9 Å². The zero-order valence-electron chi connectivity index (χ0n) is 18.3. The summed E-state index contributed by atoms with van der Waals surface area (Å²) in [5.41, 5.74) is 2.48. The van der Waals surface area contributed by atoms with Gasteiger partial charge in [0.1, 0.15) is 0 Å². The molecule has 1 aromatic heterocycles. The molecule has 168 valence electrons. The second kappa shape index (κ2) is 11.3. The van der Waals surface area contributed by atoms with Gasteiger partial charge in [0.25, 0.3) is 5.91 Å². The van der Waals surface area contributed by atoms with Gasteiger partial charge in [0, 0.05) is 22.3 Å². The molecule has 3 aromatic rings. The van der Waals surface area contributed by atoms with E-state index in [1.54, 1.807) is 12.1 Å². The highest BCUT2D eigenvalue weighted by Gasteiger charge is 2.16. The van der Waals surface area contributed by atoms with Gasteiger partial charge in [-0.05, 0) is 48.7 Å². The van der Waals surface area contributed by atoms with Gasteiger partial charge in [-0.15, -0.1) is 10.2 Å². The van der Waals surface area contributed by atoms with E-state index in [1.807, 2.05) is 47.9 Å². The van der Waals surface area contributed by atoms with E-state index in [1.165, 1.54) is 11.8 Å². The number of hydrogen-bond donors (Lipinski definition) is 2. The molecule has 0 radical (unpaired) electrons. The highest BCUT2D eigenvalue weighted by Crippen LogP contribution is 2.28. The van der Waals surface area contributed by atoms with Crippen LogP contribution in [0.3, 0.4) is 0 Å². The number of benzene rings is 2. The molecule has 3 rings (SSSR count). The van der Waals surface area contributed by atoms with Crippen LogP contribution in [-0.4, -0.2) is 32.3 Å². The molecule has 0 unspecified atom stereocenters. The number of aromatic nitrogens is 3. The molecule has 2 amide bonds. The Hall–Kier alpha value is -2.65. The van der Waals surface area contributed by atoms with Crippen molar-refractivity contribution in [3.8, 4) is 0 Å². The standard InChI is InChI=1S/C23H26BrN5O2S/c1-4-29-20(13-25-22(31)16-8-6-5-7-9-16)27-28-23(29)32-14-21(30)26-19-11-10-17(24)12-18(19)15(2)3/h5-12,15H,4,13-14H2,1-3H3,(H,25,31)(H,26,30). The van der Waals surface area contributed by atoms with Gasteiger partial charge in [-0.25, -0.2) is 0 Å². The van der Waals surface area contributed by atoms with Gasteiger partial charge in [0.15, 0.2) is 11.0 Å². The quantitative estimate of drug-likeness (QED) is 0.397. The Labute approximate surface area is 200 Å². The van der Waals surface area contributed by atoms with Crippen LogP contribution in [0.2, 0.25) is 0 Å². The minimum Gasteiger partial charge on any atom is -0.345 e. The lowest BCUT2D eigenvalue weighted by atomic mass is 10.0. The summed E-state index contributed by atoms with van der Waals surface area (Å²) >= 11 is 4.81. The van der Waals surface area contributed by atoms with Crippen molar-refractivity contribution >= 4 is 45.2 Å². The monoisotopic (exact) mass is 515 g/mol. The van der Waals surface area contributed by atoms with Crippen molar-refractivity contribution in [1.29, 1.82) is 0 Å². The normalized spacial score (nSPS) is 10.9. The number of amides is 2. The van der Waals surface area contributed by atoms with E-state index in [9.17, 15) is 9.59 Å². The van der Waals surface area contributed by atoms with E-state index in [4.69, 9.17) is 0 Å². The molecule has 0 fully saturated rings. The third-order valence-corrected chi connectivity index (χ3v) is 6.25. The lowest BCUT2D eigenvalue weighted by Crippen LogP contribution is -2.24. The van der Waals surface area contributed by atoms with E-state index in [0.29, 0.717) is 23.1 Å². The first-order valence-electron chi connectivity index (χ1n) is 10.4. The van der Waals surface area contributed by atoms with E-state index in [2.05, 4.69) is 50.6 Å². The highest BCUT2D eigenvalue weighted by atomic mass is 79.9. The number of thioether (sulfide) groups is 1. The van der Waals surface area contributed by atoms with Crippen LogP contribution >= 0.6 is 27.7 Å². The maximum atomic E-state index is 12.6. The molecule has 2 aromatic carbocycles. The molecule has 0 aliphatic heterocycles. The Morgan fingerprint density at radius 1 is 1.12 bits per heavy atom.